The van der Waals surface area contributed by atoms with Gasteiger partial charge in [0.1, 0.15) is 5.75 Å². The van der Waals surface area contributed by atoms with Gasteiger partial charge in [-0.15, -0.1) is 0 Å². The predicted octanol–water partition coefficient (Wildman–Crippen LogP) is 4.07. The standard InChI is InChI=1S/C17H29BrN2O/c1-12(2)10-20(11-13(3)4)17(9-19)15-8-14(21-5)6-7-16(15)18/h6-8,12-13,17H,9-11,19H2,1-5H3. The monoisotopic (exact) mass is 356 g/mol. The van der Waals surface area contributed by atoms with Gasteiger partial charge in [0.05, 0.1) is 7.11 Å². The van der Waals surface area contributed by atoms with Gasteiger partial charge in [0.25, 0.3) is 0 Å². The maximum atomic E-state index is 6.11. The summed E-state index contributed by atoms with van der Waals surface area (Å²) < 4.78 is 6.46. The molecule has 0 bridgehead atoms. The lowest BCUT2D eigenvalue weighted by atomic mass is 10.0. The fourth-order valence-corrected chi connectivity index (χ4v) is 3.15. The van der Waals surface area contributed by atoms with Crippen molar-refractivity contribution in [1.82, 2.24) is 4.90 Å². The fourth-order valence-electron chi connectivity index (χ4n) is 2.64. The largest absolute Gasteiger partial charge is 0.497 e. The van der Waals surface area contributed by atoms with E-state index in [9.17, 15) is 0 Å². The Hall–Kier alpha value is -0.580. The van der Waals surface area contributed by atoms with E-state index in [2.05, 4.69) is 54.6 Å². The fraction of sp³-hybridized carbons (Fsp3) is 0.647. The highest BCUT2D eigenvalue weighted by molar-refractivity contribution is 9.10. The molecule has 2 N–H and O–H groups in total. The Kier molecular flexibility index (Phi) is 7.71. The van der Waals surface area contributed by atoms with Gasteiger partial charge in [-0.1, -0.05) is 43.6 Å². The van der Waals surface area contributed by atoms with Crippen molar-refractivity contribution < 1.29 is 4.74 Å². The first-order valence-electron chi connectivity index (χ1n) is 7.66. The molecule has 1 aromatic carbocycles. The normalized spacial score (nSPS) is 13.2. The van der Waals surface area contributed by atoms with Gasteiger partial charge in [-0.25, -0.2) is 0 Å². The molecule has 0 spiro atoms. The molecular formula is C17H29BrN2O. The summed E-state index contributed by atoms with van der Waals surface area (Å²) in [6.07, 6.45) is 0. The van der Waals surface area contributed by atoms with E-state index >= 15 is 0 Å². The van der Waals surface area contributed by atoms with E-state index in [1.54, 1.807) is 7.11 Å². The number of methoxy groups -OCH3 is 1. The van der Waals surface area contributed by atoms with Crippen molar-refractivity contribution >= 4 is 15.9 Å². The first-order valence-corrected chi connectivity index (χ1v) is 8.45. The lowest BCUT2D eigenvalue weighted by Crippen LogP contribution is -2.38. The molecule has 120 valence electrons. The first-order chi connectivity index (χ1) is 9.88. The number of benzene rings is 1. The highest BCUT2D eigenvalue weighted by Crippen LogP contribution is 2.31. The Morgan fingerprint density at radius 3 is 2.14 bits per heavy atom. The van der Waals surface area contributed by atoms with Crippen LogP contribution >= 0.6 is 15.9 Å². The van der Waals surface area contributed by atoms with Gasteiger partial charge in [0, 0.05) is 30.1 Å². The summed E-state index contributed by atoms with van der Waals surface area (Å²) >= 11 is 3.66. The number of ether oxygens (including phenoxy) is 1. The minimum Gasteiger partial charge on any atom is -0.497 e. The SMILES string of the molecule is COc1ccc(Br)c(C(CN)N(CC(C)C)CC(C)C)c1. The molecule has 0 radical (unpaired) electrons. The number of nitrogens with zero attached hydrogens (tertiary/aromatic N) is 1. The number of hydrogen-bond donors (Lipinski definition) is 1. The average Bonchev–Trinajstić information content (AvgIpc) is 2.40. The minimum absolute atomic E-state index is 0.208. The van der Waals surface area contributed by atoms with Gasteiger partial charge in [-0.3, -0.25) is 4.90 Å². The zero-order valence-electron chi connectivity index (χ0n) is 13.9. The summed E-state index contributed by atoms with van der Waals surface area (Å²) in [6, 6.07) is 6.31. The highest BCUT2D eigenvalue weighted by Gasteiger charge is 2.23. The van der Waals surface area contributed by atoms with Gasteiger partial charge >= 0.3 is 0 Å². The minimum atomic E-state index is 0.208. The van der Waals surface area contributed by atoms with E-state index in [1.165, 1.54) is 5.56 Å². The number of nitrogens with two attached hydrogens (primary N) is 1. The van der Waals surface area contributed by atoms with E-state index < -0.39 is 0 Å². The van der Waals surface area contributed by atoms with Crippen LogP contribution in [-0.2, 0) is 0 Å². The Balaban J connectivity index is 3.11. The van der Waals surface area contributed by atoms with E-state index in [-0.39, 0.29) is 6.04 Å². The van der Waals surface area contributed by atoms with Crippen molar-refractivity contribution in [2.45, 2.75) is 33.7 Å². The first kappa shape index (κ1) is 18.5. The molecule has 0 amide bonds. The summed E-state index contributed by atoms with van der Waals surface area (Å²) in [5.41, 5.74) is 7.32. The third-order valence-corrected chi connectivity index (χ3v) is 4.15. The highest BCUT2D eigenvalue weighted by atomic mass is 79.9. The summed E-state index contributed by atoms with van der Waals surface area (Å²) in [6.45, 7) is 11.7. The molecule has 0 saturated carbocycles. The second kappa shape index (κ2) is 8.76. The molecule has 0 heterocycles. The van der Waals surface area contributed by atoms with E-state index in [0.717, 1.165) is 23.3 Å². The molecule has 0 aliphatic heterocycles. The van der Waals surface area contributed by atoms with Crippen molar-refractivity contribution in [2.75, 3.05) is 26.7 Å². The number of rotatable bonds is 8. The van der Waals surface area contributed by atoms with Crippen LogP contribution in [0.2, 0.25) is 0 Å². The lowest BCUT2D eigenvalue weighted by molar-refractivity contribution is 0.159. The van der Waals surface area contributed by atoms with Crippen molar-refractivity contribution in [3.8, 4) is 5.75 Å². The molecule has 1 rings (SSSR count). The molecule has 4 heteroatoms. The number of halogens is 1. The zero-order chi connectivity index (χ0) is 16.0. The summed E-state index contributed by atoms with van der Waals surface area (Å²) in [7, 11) is 1.70. The number of hydrogen-bond acceptors (Lipinski definition) is 3. The third kappa shape index (κ3) is 5.61. The van der Waals surface area contributed by atoms with Crippen molar-refractivity contribution in [3.63, 3.8) is 0 Å². The van der Waals surface area contributed by atoms with Crippen molar-refractivity contribution in [3.05, 3.63) is 28.2 Å². The van der Waals surface area contributed by atoms with E-state index in [4.69, 9.17) is 10.5 Å². The van der Waals surface area contributed by atoms with Gasteiger partial charge in [0.2, 0.25) is 0 Å². The summed E-state index contributed by atoms with van der Waals surface area (Å²) in [5, 5.41) is 0. The maximum Gasteiger partial charge on any atom is 0.119 e. The molecule has 1 atom stereocenters. The predicted molar refractivity (Wildman–Crippen MR) is 93.7 cm³/mol. The van der Waals surface area contributed by atoms with Crippen molar-refractivity contribution in [2.24, 2.45) is 17.6 Å². The molecule has 21 heavy (non-hydrogen) atoms. The quantitative estimate of drug-likeness (QED) is 0.762. The molecule has 0 aliphatic carbocycles. The lowest BCUT2D eigenvalue weighted by Gasteiger charge is -2.34. The Labute approximate surface area is 138 Å². The van der Waals surface area contributed by atoms with Crippen LogP contribution in [-0.4, -0.2) is 31.6 Å². The Morgan fingerprint density at radius 1 is 1.14 bits per heavy atom. The van der Waals surface area contributed by atoms with Crippen LogP contribution in [0.4, 0.5) is 0 Å². The molecule has 0 fully saturated rings. The van der Waals surface area contributed by atoms with Crippen LogP contribution in [0.5, 0.6) is 5.75 Å². The van der Waals surface area contributed by atoms with Crippen LogP contribution in [0.1, 0.15) is 39.3 Å². The van der Waals surface area contributed by atoms with Gasteiger partial charge in [0.15, 0.2) is 0 Å². The molecule has 1 unspecified atom stereocenters. The van der Waals surface area contributed by atoms with E-state index in [1.807, 2.05) is 12.1 Å². The molecule has 0 saturated heterocycles. The molecular weight excluding hydrogens is 328 g/mol. The van der Waals surface area contributed by atoms with E-state index in [0.29, 0.717) is 18.4 Å². The third-order valence-electron chi connectivity index (χ3n) is 3.43. The molecule has 0 aliphatic rings. The second-order valence-electron chi connectivity index (χ2n) is 6.38. The van der Waals surface area contributed by atoms with Gasteiger partial charge < -0.3 is 10.5 Å². The second-order valence-corrected chi connectivity index (χ2v) is 7.23. The van der Waals surface area contributed by atoms with Gasteiger partial charge in [-0.2, -0.15) is 0 Å². The van der Waals surface area contributed by atoms with Crippen LogP contribution in [0.25, 0.3) is 0 Å². The average molecular weight is 357 g/mol. The summed E-state index contributed by atoms with van der Waals surface area (Å²) in [5.74, 6) is 2.10. The van der Waals surface area contributed by atoms with Gasteiger partial charge in [-0.05, 0) is 35.6 Å². The molecule has 1 aromatic rings. The van der Waals surface area contributed by atoms with Crippen LogP contribution in [0.15, 0.2) is 22.7 Å². The zero-order valence-corrected chi connectivity index (χ0v) is 15.5. The Morgan fingerprint density at radius 2 is 1.71 bits per heavy atom. The molecule has 3 nitrogen and oxygen atoms in total. The Bertz CT molecular complexity index is 425. The van der Waals surface area contributed by atoms with Crippen LogP contribution in [0, 0.1) is 11.8 Å². The summed E-state index contributed by atoms with van der Waals surface area (Å²) in [4.78, 5) is 2.49. The topological polar surface area (TPSA) is 38.5 Å². The van der Waals surface area contributed by atoms with Crippen LogP contribution < -0.4 is 10.5 Å². The smallest absolute Gasteiger partial charge is 0.119 e. The van der Waals surface area contributed by atoms with Crippen molar-refractivity contribution in [1.29, 1.82) is 0 Å². The maximum absolute atomic E-state index is 6.11. The molecule has 0 aromatic heterocycles. The van der Waals surface area contributed by atoms with Crippen LogP contribution in [0.3, 0.4) is 0 Å².